The first kappa shape index (κ1) is 12.7. The molecule has 1 aliphatic carbocycles. The van der Waals surface area contributed by atoms with Crippen molar-refractivity contribution >= 4 is 11.0 Å². The van der Waals surface area contributed by atoms with Crippen molar-refractivity contribution in [3.63, 3.8) is 0 Å². The van der Waals surface area contributed by atoms with E-state index in [4.69, 9.17) is 4.42 Å². The van der Waals surface area contributed by atoms with Crippen molar-refractivity contribution in [3.8, 4) is 0 Å². The summed E-state index contributed by atoms with van der Waals surface area (Å²) in [6.07, 6.45) is 1.23. The van der Waals surface area contributed by atoms with Crippen LogP contribution in [0.1, 0.15) is 29.2 Å². The zero-order valence-electron chi connectivity index (χ0n) is 12.2. The van der Waals surface area contributed by atoms with E-state index < -0.39 is 0 Å². The highest BCUT2D eigenvalue weighted by atomic mass is 16.3. The topological polar surface area (TPSA) is 25.2 Å². The summed E-state index contributed by atoms with van der Waals surface area (Å²) in [7, 11) is 0. The fourth-order valence-electron chi connectivity index (χ4n) is 3.16. The number of nitrogens with one attached hydrogen (secondary N) is 1. The standard InChI is InChI=1S/C19H19NO/c1-13-17(15-9-5-6-10-19(15)21-13)12-20-18-11-16(18)14-7-3-2-4-8-14/h2-10,16,18,20H,11-12H2,1H3. The van der Waals surface area contributed by atoms with E-state index in [2.05, 4.69) is 54.7 Å². The van der Waals surface area contributed by atoms with E-state index in [0.717, 1.165) is 17.9 Å². The summed E-state index contributed by atoms with van der Waals surface area (Å²) in [6, 6.07) is 19.7. The van der Waals surface area contributed by atoms with Crippen LogP contribution in [0.2, 0.25) is 0 Å². The molecule has 2 heteroatoms. The summed E-state index contributed by atoms with van der Waals surface area (Å²) in [4.78, 5) is 0. The van der Waals surface area contributed by atoms with Crippen LogP contribution in [-0.4, -0.2) is 6.04 Å². The molecule has 0 amide bonds. The van der Waals surface area contributed by atoms with E-state index in [1.165, 1.54) is 22.9 Å². The van der Waals surface area contributed by atoms with Crippen LogP contribution in [0.4, 0.5) is 0 Å². The van der Waals surface area contributed by atoms with Gasteiger partial charge < -0.3 is 9.73 Å². The second kappa shape index (κ2) is 5.05. The molecule has 1 N–H and O–H groups in total. The number of furan rings is 1. The van der Waals surface area contributed by atoms with E-state index >= 15 is 0 Å². The molecule has 0 spiro atoms. The second-order valence-electron chi connectivity index (χ2n) is 5.87. The van der Waals surface area contributed by atoms with Gasteiger partial charge in [0, 0.05) is 29.5 Å². The molecule has 1 aromatic heterocycles. The van der Waals surface area contributed by atoms with Gasteiger partial charge in [0.05, 0.1) is 0 Å². The molecule has 21 heavy (non-hydrogen) atoms. The lowest BCUT2D eigenvalue weighted by molar-refractivity contribution is 0.564. The molecule has 106 valence electrons. The predicted molar refractivity (Wildman–Crippen MR) is 85.4 cm³/mol. The van der Waals surface area contributed by atoms with Gasteiger partial charge in [0.15, 0.2) is 0 Å². The predicted octanol–water partition coefficient (Wildman–Crippen LogP) is 4.39. The minimum absolute atomic E-state index is 0.598. The molecular weight excluding hydrogens is 258 g/mol. The van der Waals surface area contributed by atoms with Crippen LogP contribution in [0.15, 0.2) is 59.0 Å². The molecule has 1 saturated carbocycles. The molecule has 2 atom stereocenters. The maximum absolute atomic E-state index is 5.82. The Labute approximate surface area is 124 Å². The Bertz CT molecular complexity index is 760. The summed E-state index contributed by atoms with van der Waals surface area (Å²) in [5.74, 6) is 1.70. The Kier molecular flexibility index (Phi) is 3.04. The molecule has 4 rings (SSSR count). The van der Waals surface area contributed by atoms with Crippen molar-refractivity contribution in [2.75, 3.05) is 0 Å². The zero-order chi connectivity index (χ0) is 14.2. The van der Waals surface area contributed by atoms with Gasteiger partial charge in [-0.3, -0.25) is 0 Å². The van der Waals surface area contributed by atoms with Crippen molar-refractivity contribution in [2.45, 2.75) is 31.8 Å². The molecule has 3 aromatic rings. The number of rotatable bonds is 4. The maximum Gasteiger partial charge on any atom is 0.134 e. The lowest BCUT2D eigenvalue weighted by Gasteiger charge is -2.04. The van der Waals surface area contributed by atoms with Gasteiger partial charge in [-0.15, -0.1) is 0 Å². The number of benzene rings is 2. The first-order valence-corrected chi connectivity index (χ1v) is 7.58. The van der Waals surface area contributed by atoms with E-state index in [1.54, 1.807) is 0 Å². The minimum Gasteiger partial charge on any atom is -0.461 e. The van der Waals surface area contributed by atoms with Gasteiger partial charge in [0.2, 0.25) is 0 Å². The highest BCUT2D eigenvalue weighted by Gasteiger charge is 2.37. The summed E-state index contributed by atoms with van der Waals surface area (Å²) in [6.45, 7) is 2.94. The summed E-state index contributed by atoms with van der Waals surface area (Å²) in [5, 5.41) is 4.92. The zero-order valence-corrected chi connectivity index (χ0v) is 12.2. The third-order valence-electron chi connectivity index (χ3n) is 4.46. The molecule has 2 unspecified atom stereocenters. The third-order valence-corrected chi connectivity index (χ3v) is 4.46. The van der Waals surface area contributed by atoms with Crippen LogP contribution in [0.5, 0.6) is 0 Å². The Morgan fingerprint density at radius 2 is 1.81 bits per heavy atom. The van der Waals surface area contributed by atoms with E-state index in [9.17, 15) is 0 Å². The molecule has 2 nitrogen and oxygen atoms in total. The van der Waals surface area contributed by atoms with Gasteiger partial charge in [-0.25, -0.2) is 0 Å². The van der Waals surface area contributed by atoms with Crippen LogP contribution < -0.4 is 5.32 Å². The molecule has 0 radical (unpaired) electrons. The van der Waals surface area contributed by atoms with Crippen LogP contribution in [0, 0.1) is 6.92 Å². The number of para-hydroxylation sites is 1. The molecule has 0 bridgehead atoms. The monoisotopic (exact) mass is 277 g/mol. The average Bonchev–Trinajstić information content (AvgIpc) is 3.23. The largest absolute Gasteiger partial charge is 0.461 e. The first-order chi connectivity index (χ1) is 10.3. The number of aryl methyl sites for hydroxylation is 1. The Hall–Kier alpha value is -2.06. The fraction of sp³-hybridized carbons (Fsp3) is 0.263. The van der Waals surface area contributed by atoms with Crippen molar-refractivity contribution in [1.82, 2.24) is 5.32 Å². The van der Waals surface area contributed by atoms with Gasteiger partial charge in [-0.2, -0.15) is 0 Å². The molecule has 2 aromatic carbocycles. The van der Waals surface area contributed by atoms with Crippen molar-refractivity contribution in [2.24, 2.45) is 0 Å². The molecule has 1 heterocycles. The van der Waals surface area contributed by atoms with Gasteiger partial charge in [0.25, 0.3) is 0 Å². The highest BCUT2D eigenvalue weighted by Crippen LogP contribution is 2.41. The second-order valence-corrected chi connectivity index (χ2v) is 5.87. The average molecular weight is 277 g/mol. The smallest absolute Gasteiger partial charge is 0.134 e. The molecule has 1 fully saturated rings. The van der Waals surface area contributed by atoms with E-state index in [-0.39, 0.29) is 0 Å². The van der Waals surface area contributed by atoms with Crippen LogP contribution in [0.3, 0.4) is 0 Å². The van der Waals surface area contributed by atoms with E-state index in [1.807, 2.05) is 12.1 Å². The van der Waals surface area contributed by atoms with Crippen molar-refractivity contribution in [1.29, 1.82) is 0 Å². The van der Waals surface area contributed by atoms with Crippen LogP contribution in [0.25, 0.3) is 11.0 Å². The summed E-state index contributed by atoms with van der Waals surface area (Å²) < 4.78 is 5.82. The van der Waals surface area contributed by atoms with Gasteiger partial charge in [-0.1, -0.05) is 48.5 Å². The molecular formula is C19H19NO. The van der Waals surface area contributed by atoms with E-state index in [0.29, 0.717) is 12.0 Å². The lowest BCUT2D eigenvalue weighted by atomic mass is 10.1. The van der Waals surface area contributed by atoms with Crippen molar-refractivity contribution < 1.29 is 4.42 Å². The SMILES string of the molecule is Cc1oc2ccccc2c1CNC1CC1c1ccccc1. The molecule has 0 aliphatic heterocycles. The molecule has 0 saturated heterocycles. The number of hydrogen-bond donors (Lipinski definition) is 1. The highest BCUT2D eigenvalue weighted by molar-refractivity contribution is 5.82. The van der Waals surface area contributed by atoms with Crippen LogP contribution in [-0.2, 0) is 6.54 Å². The Balaban J connectivity index is 1.47. The fourth-order valence-corrected chi connectivity index (χ4v) is 3.16. The minimum atomic E-state index is 0.598. The lowest BCUT2D eigenvalue weighted by Crippen LogP contribution is -2.17. The normalized spacial score (nSPS) is 20.8. The van der Waals surface area contributed by atoms with Gasteiger partial charge in [-0.05, 0) is 25.0 Å². The van der Waals surface area contributed by atoms with Crippen molar-refractivity contribution in [3.05, 3.63) is 71.5 Å². The maximum atomic E-state index is 5.82. The Morgan fingerprint density at radius 3 is 2.67 bits per heavy atom. The summed E-state index contributed by atoms with van der Waals surface area (Å²) >= 11 is 0. The first-order valence-electron chi connectivity index (χ1n) is 7.58. The number of fused-ring (bicyclic) bond motifs is 1. The quantitative estimate of drug-likeness (QED) is 0.765. The third kappa shape index (κ3) is 2.36. The Morgan fingerprint density at radius 1 is 1.05 bits per heavy atom. The summed E-state index contributed by atoms with van der Waals surface area (Å²) in [5.41, 5.74) is 3.73. The van der Waals surface area contributed by atoms with Gasteiger partial charge in [0.1, 0.15) is 11.3 Å². The number of hydrogen-bond acceptors (Lipinski definition) is 2. The van der Waals surface area contributed by atoms with Crippen LogP contribution >= 0.6 is 0 Å². The molecule has 1 aliphatic rings. The van der Waals surface area contributed by atoms with Gasteiger partial charge >= 0.3 is 0 Å².